The van der Waals surface area contributed by atoms with Gasteiger partial charge in [-0.15, -0.1) is 0 Å². The maximum absolute atomic E-state index is 14.7. The Morgan fingerprint density at radius 1 is 1.22 bits per heavy atom. The van der Waals surface area contributed by atoms with Crippen molar-refractivity contribution in [3.8, 4) is 11.9 Å². The second-order valence-electron chi connectivity index (χ2n) is 12.0. The molecular weight excluding hydrogens is 618 g/mol. The maximum Gasteiger partial charge on any atom is 0.354 e. The number of aromatic nitrogens is 5. The molecule has 1 fully saturated rings. The van der Waals surface area contributed by atoms with Crippen LogP contribution in [-0.4, -0.2) is 35.6 Å². The van der Waals surface area contributed by atoms with Crippen molar-refractivity contribution < 1.29 is 27.8 Å². The van der Waals surface area contributed by atoms with Crippen LogP contribution in [0.4, 0.5) is 8.78 Å². The van der Waals surface area contributed by atoms with Crippen LogP contribution in [0.1, 0.15) is 66.2 Å². The highest BCUT2D eigenvalue weighted by molar-refractivity contribution is 6.35. The number of carboxylic acid groups (broad SMARTS) is 1. The molecule has 0 radical (unpaired) electrons. The zero-order chi connectivity index (χ0) is 32.0. The maximum atomic E-state index is 14.7. The third-order valence-corrected chi connectivity index (χ3v) is 9.16. The summed E-state index contributed by atoms with van der Waals surface area (Å²) in [6.45, 7) is 0.452. The lowest BCUT2D eigenvalue weighted by Gasteiger charge is -2.22. The van der Waals surface area contributed by atoms with Crippen molar-refractivity contribution in [2.24, 2.45) is 11.3 Å². The Bertz CT molecular complexity index is 2080. The fourth-order valence-electron chi connectivity index (χ4n) is 6.08. The Balaban J connectivity index is 1.08. The van der Waals surface area contributed by atoms with Gasteiger partial charge in [0.2, 0.25) is 5.82 Å². The Morgan fingerprint density at radius 2 is 2.07 bits per heavy atom. The normalized spacial score (nSPS) is 17.2. The smallest absolute Gasteiger partial charge is 0.354 e. The lowest BCUT2D eigenvalue weighted by molar-refractivity contribution is 0.0690. The Labute approximate surface area is 266 Å². The summed E-state index contributed by atoms with van der Waals surface area (Å²) in [6, 6.07) is 9.06. The Kier molecular flexibility index (Phi) is 7.64. The predicted molar refractivity (Wildman–Crippen MR) is 163 cm³/mol. The van der Waals surface area contributed by atoms with Gasteiger partial charge in [0.05, 0.1) is 17.3 Å². The molecule has 46 heavy (non-hydrogen) atoms. The minimum absolute atomic E-state index is 0.0467. The van der Waals surface area contributed by atoms with Crippen LogP contribution in [-0.2, 0) is 19.6 Å². The first-order chi connectivity index (χ1) is 22.2. The van der Waals surface area contributed by atoms with Crippen molar-refractivity contribution >= 4 is 45.3 Å². The van der Waals surface area contributed by atoms with E-state index >= 15 is 0 Å². The highest BCUT2D eigenvalue weighted by Crippen LogP contribution is 2.50. The molecular formula is C33H27ClF2N6O4. The summed E-state index contributed by atoms with van der Waals surface area (Å²) >= 11 is 6.14. The molecule has 1 atom stereocenters. The molecule has 1 N–H and O–H groups in total. The van der Waals surface area contributed by atoms with E-state index in [9.17, 15) is 23.9 Å². The van der Waals surface area contributed by atoms with Gasteiger partial charge >= 0.3 is 5.97 Å². The number of carboxylic acids is 1. The number of aromatic carboxylic acids is 1. The van der Waals surface area contributed by atoms with Crippen LogP contribution in [0.3, 0.4) is 0 Å². The first-order valence-electron chi connectivity index (χ1n) is 14.9. The Hall–Kier alpha value is -4.89. The van der Waals surface area contributed by atoms with Crippen LogP contribution in [0.25, 0.3) is 27.7 Å². The lowest BCUT2D eigenvalue weighted by atomic mass is 9.87. The molecule has 4 aromatic heterocycles. The van der Waals surface area contributed by atoms with Gasteiger partial charge in [-0.25, -0.2) is 19.7 Å². The van der Waals surface area contributed by atoms with E-state index in [2.05, 4.69) is 21.0 Å². The molecule has 2 aliphatic rings. The zero-order valence-electron chi connectivity index (χ0n) is 24.5. The molecule has 0 aliphatic heterocycles. The number of nitriles is 1. The van der Waals surface area contributed by atoms with Gasteiger partial charge in [-0.3, -0.25) is 0 Å². The molecule has 1 aromatic carbocycles. The molecule has 0 bridgehead atoms. The van der Waals surface area contributed by atoms with Gasteiger partial charge in [0.15, 0.2) is 17.2 Å². The van der Waals surface area contributed by atoms with Gasteiger partial charge in [-0.05, 0) is 61.8 Å². The number of carbonyl (C=O) groups is 1. The summed E-state index contributed by atoms with van der Waals surface area (Å²) in [5.74, 6) is -0.635. The Morgan fingerprint density at radius 3 is 2.80 bits per heavy atom. The van der Waals surface area contributed by atoms with Gasteiger partial charge in [0.25, 0.3) is 11.9 Å². The number of ether oxygens (including phenoxy) is 1. The summed E-state index contributed by atoms with van der Waals surface area (Å²) in [5, 5.41) is 19.6. The topological polar surface area (TPSA) is 140 Å². The fourth-order valence-corrected chi connectivity index (χ4v) is 6.28. The van der Waals surface area contributed by atoms with Crippen molar-refractivity contribution in [1.82, 2.24) is 24.5 Å². The van der Waals surface area contributed by atoms with Crippen LogP contribution >= 0.6 is 11.6 Å². The third-order valence-electron chi connectivity index (χ3n) is 8.83. The number of benzene rings is 1. The number of pyridine rings is 1. The van der Waals surface area contributed by atoms with E-state index in [1.165, 1.54) is 12.1 Å². The van der Waals surface area contributed by atoms with Crippen molar-refractivity contribution in [1.29, 1.82) is 5.26 Å². The number of halogens is 3. The summed E-state index contributed by atoms with van der Waals surface area (Å²) in [5.41, 5.74) is 2.56. The first-order valence-corrected chi connectivity index (χ1v) is 15.3. The van der Waals surface area contributed by atoms with Gasteiger partial charge in [-0.1, -0.05) is 23.7 Å². The van der Waals surface area contributed by atoms with E-state index in [0.717, 1.165) is 36.9 Å². The molecule has 0 saturated heterocycles. The number of nitrogens with zero attached hydrogens (tertiary/aromatic N) is 6. The van der Waals surface area contributed by atoms with Gasteiger partial charge < -0.3 is 18.8 Å². The quantitative estimate of drug-likeness (QED) is 0.166. The minimum Gasteiger partial charge on any atom is -0.477 e. The van der Waals surface area contributed by atoms with E-state index in [0.29, 0.717) is 65.2 Å². The van der Waals surface area contributed by atoms with Gasteiger partial charge in [0.1, 0.15) is 23.5 Å². The number of hydrogen-bond donors (Lipinski definition) is 1. The molecule has 2 aliphatic carbocycles. The second-order valence-corrected chi connectivity index (χ2v) is 12.4. The molecule has 234 valence electrons. The average Bonchev–Trinajstić information content (AvgIpc) is 3.55. The van der Waals surface area contributed by atoms with E-state index in [1.54, 1.807) is 18.2 Å². The van der Waals surface area contributed by atoms with E-state index in [4.69, 9.17) is 25.7 Å². The molecule has 10 nitrogen and oxygen atoms in total. The van der Waals surface area contributed by atoms with Crippen molar-refractivity contribution in [2.75, 3.05) is 0 Å². The van der Waals surface area contributed by atoms with Crippen molar-refractivity contribution in [3.05, 3.63) is 82.4 Å². The highest BCUT2D eigenvalue weighted by atomic mass is 35.5. The van der Waals surface area contributed by atoms with E-state index < -0.39 is 17.8 Å². The van der Waals surface area contributed by atoms with Crippen LogP contribution in [0.15, 0.2) is 47.0 Å². The average molecular weight is 645 g/mol. The predicted octanol–water partition coefficient (Wildman–Crippen LogP) is 7.30. The first kappa shape index (κ1) is 29.8. The monoisotopic (exact) mass is 644 g/mol. The minimum atomic E-state index is -1.11. The zero-order valence-corrected chi connectivity index (χ0v) is 25.2. The summed E-state index contributed by atoms with van der Waals surface area (Å²) in [4.78, 5) is 29.4. The molecule has 7 rings (SSSR count). The highest BCUT2D eigenvalue weighted by Gasteiger charge is 2.43. The van der Waals surface area contributed by atoms with Crippen molar-refractivity contribution in [3.63, 3.8) is 0 Å². The number of fused-ring (bicyclic) bond motifs is 2. The molecule has 0 spiro atoms. The van der Waals surface area contributed by atoms with E-state index in [-0.39, 0.29) is 35.1 Å². The van der Waals surface area contributed by atoms with Gasteiger partial charge in [0, 0.05) is 41.8 Å². The van der Waals surface area contributed by atoms with Crippen LogP contribution in [0.5, 0.6) is 5.88 Å². The fraction of sp³-hybridized carbons (Fsp3) is 0.333. The van der Waals surface area contributed by atoms with Crippen LogP contribution in [0.2, 0.25) is 5.02 Å². The summed E-state index contributed by atoms with van der Waals surface area (Å²) < 4.78 is 41.2. The lowest BCUT2D eigenvalue weighted by Crippen LogP contribution is -2.18. The molecule has 5 aromatic rings. The second kappa shape index (κ2) is 11.8. The summed E-state index contributed by atoms with van der Waals surface area (Å²) in [6.07, 6.45) is 8.22. The van der Waals surface area contributed by atoms with Crippen LogP contribution in [0, 0.1) is 34.5 Å². The number of rotatable bonds is 10. The standard InChI is InChI=1S/C33H27ClF2N6O4/c34-22-6-5-20(28-21(22)14-26(36)46-28)16-45-31-23(35)15-38-29(41-31)19-3-1-18(2-4-19)13-27-39-24-7-8-25(32(43)44)40-30(24)42(27)17-33(9-10-33)11-12-37/h3,5-8,14-15,18H,1-2,4,9-11,13,16-17H2,(H,43,44). The van der Waals surface area contributed by atoms with Crippen molar-refractivity contribution in [2.45, 2.75) is 58.1 Å². The molecule has 13 heteroatoms. The van der Waals surface area contributed by atoms with E-state index in [1.807, 2.05) is 10.6 Å². The van der Waals surface area contributed by atoms with Crippen LogP contribution < -0.4 is 4.74 Å². The third kappa shape index (κ3) is 5.78. The number of allylic oxidation sites excluding steroid dienone is 2. The van der Waals surface area contributed by atoms with Gasteiger partial charge in [-0.2, -0.15) is 19.0 Å². The largest absolute Gasteiger partial charge is 0.477 e. The number of imidazole rings is 1. The number of furan rings is 1. The molecule has 0 amide bonds. The molecule has 1 saturated carbocycles. The SMILES string of the molecule is N#CCC1(Cn2c(CC3CC=C(c4ncc(F)c(OCc5ccc(Cl)c6cc(F)oc56)n4)CC3)nc3ccc(C(=O)O)nc32)CC1. The molecule has 1 unspecified atom stereocenters. The molecule has 4 heterocycles. The number of hydrogen-bond acceptors (Lipinski definition) is 8. The summed E-state index contributed by atoms with van der Waals surface area (Å²) in [7, 11) is 0.